The maximum atomic E-state index is 13.0. The first-order chi connectivity index (χ1) is 16.6. The zero-order valence-corrected chi connectivity index (χ0v) is 19.5. The van der Waals surface area contributed by atoms with Crippen LogP contribution in [0, 0.1) is 0 Å². The van der Waals surface area contributed by atoms with Crippen LogP contribution in [0.4, 0.5) is 5.69 Å². The van der Waals surface area contributed by atoms with Gasteiger partial charge in [-0.05, 0) is 47.3 Å². The van der Waals surface area contributed by atoms with Crippen molar-refractivity contribution in [2.45, 2.75) is 6.54 Å². The summed E-state index contributed by atoms with van der Waals surface area (Å²) < 4.78 is 5.33. The fourth-order valence-corrected chi connectivity index (χ4v) is 4.29. The Morgan fingerprint density at radius 1 is 1.00 bits per heavy atom. The number of nitrogens with zero attached hydrogens (tertiary/aromatic N) is 2. The molecule has 2 N–H and O–H groups in total. The number of rotatable bonds is 5. The molecule has 0 atom stereocenters. The number of pyridine rings is 1. The summed E-state index contributed by atoms with van der Waals surface area (Å²) in [6.07, 6.45) is 1.75. The molecule has 0 aliphatic carbocycles. The van der Waals surface area contributed by atoms with Gasteiger partial charge in [0.1, 0.15) is 6.61 Å². The van der Waals surface area contributed by atoms with Crippen molar-refractivity contribution in [2.75, 3.05) is 18.5 Å². The van der Waals surface area contributed by atoms with Gasteiger partial charge in [0.05, 0.1) is 27.8 Å². The SMILES string of the molecule is O=C(Nc1ccc(Cl)c(-c2nccc3ccccc23)c1)c1ccc(CNC2=NCCO2)cc1Cl. The molecule has 4 aromatic rings. The van der Waals surface area contributed by atoms with E-state index in [9.17, 15) is 4.79 Å². The van der Waals surface area contributed by atoms with Crippen LogP contribution in [0.2, 0.25) is 10.0 Å². The summed E-state index contributed by atoms with van der Waals surface area (Å²) in [4.78, 5) is 21.7. The Bertz CT molecular complexity index is 1420. The molecule has 0 saturated carbocycles. The highest BCUT2D eigenvalue weighted by Gasteiger charge is 2.15. The van der Waals surface area contributed by atoms with Crippen molar-refractivity contribution in [3.05, 3.63) is 94.1 Å². The van der Waals surface area contributed by atoms with Crippen LogP contribution >= 0.6 is 23.2 Å². The first-order valence-electron chi connectivity index (χ1n) is 10.7. The number of fused-ring (bicyclic) bond motifs is 1. The molecule has 6 nitrogen and oxygen atoms in total. The summed E-state index contributed by atoms with van der Waals surface area (Å²) in [5.41, 5.74) is 3.37. The van der Waals surface area contributed by atoms with Crippen LogP contribution in [-0.2, 0) is 11.3 Å². The van der Waals surface area contributed by atoms with Crippen molar-refractivity contribution < 1.29 is 9.53 Å². The van der Waals surface area contributed by atoms with Gasteiger partial charge in [0, 0.05) is 29.4 Å². The molecule has 1 amide bonds. The number of amides is 1. The number of hydrogen-bond donors (Lipinski definition) is 2. The van der Waals surface area contributed by atoms with Crippen molar-refractivity contribution >= 4 is 51.6 Å². The standard InChI is InChI=1S/C26H20Cl2N4O2/c27-22-8-6-18(14-21(22)24-19-4-2-1-3-17(19)9-10-29-24)32-25(33)20-7-5-16(13-23(20)28)15-31-26-30-11-12-34-26/h1-10,13-14H,11-12,15H2,(H,30,31)(H,32,33). The smallest absolute Gasteiger partial charge is 0.285 e. The molecule has 2 heterocycles. The molecule has 0 saturated heterocycles. The lowest BCUT2D eigenvalue weighted by molar-refractivity contribution is 0.102. The summed E-state index contributed by atoms with van der Waals surface area (Å²) in [6.45, 7) is 1.75. The number of benzene rings is 3. The van der Waals surface area contributed by atoms with Crippen molar-refractivity contribution in [2.24, 2.45) is 4.99 Å². The van der Waals surface area contributed by atoms with Crippen LogP contribution in [0.15, 0.2) is 77.9 Å². The van der Waals surface area contributed by atoms with Crippen molar-refractivity contribution in [1.29, 1.82) is 0 Å². The topological polar surface area (TPSA) is 75.6 Å². The molecule has 3 aromatic carbocycles. The van der Waals surface area contributed by atoms with Gasteiger partial charge in [-0.25, -0.2) is 4.99 Å². The van der Waals surface area contributed by atoms with Crippen LogP contribution in [0.5, 0.6) is 0 Å². The highest BCUT2D eigenvalue weighted by Crippen LogP contribution is 2.34. The number of halogens is 2. The maximum absolute atomic E-state index is 13.0. The Hall–Kier alpha value is -3.61. The molecule has 1 aromatic heterocycles. The third kappa shape index (κ3) is 4.69. The predicted molar refractivity (Wildman–Crippen MR) is 137 cm³/mol. The fraction of sp³-hybridized carbons (Fsp3) is 0.115. The minimum Gasteiger partial charge on any atom is -0.463 e. The average molecular weight is 491 g/mol. The van der Waals surface area contributed by atoms with E-state index in [1.165, 1.54) is 0 Å². The van der Waals surface area contributed by atoms with E-state index in [0.29, 0.717) is 47.0 Å². The maximum Gasteiger partial charge on any atom is 0.285 e. The third-order valence-corrected chi connectivity index (χ3v) is 6.10. The van der Waals surface area contributed by atoms with Crippen LogP contribution in [0.25, 0.3) is 22.0 Å². The Balaban J connectivity index is 1.36. The number of amidine groups is 1. The first-order valence-corrected chi connectivity index (χ1v) is 11.5. The Labute approximate surface area is 206 Å². The van der Waals surface area contributed by atoms with Gasteiger partial charge in [-0.2, -0.15) is 0 Å². The molecule has 8 heteroatoms. The molecular weight excluding hydrogens is 471 g/mol. The van der Waals surface area contributed by atoms with Crippen LogP contribution < -0.4 is 10.6 Å². The van der Waals surface area contributed by atoms with Gasteiger partial charge in [0.15, 0.2) is 0 Å². The number of anilines is 1. The highest BCUT2D eigenvalue weighted by molar-refractivity contribution is 6.35. The second-order valence-electron chi connectivity index (χ2n) is 7.73. The minimum atomic E-state index is -0.313. The second-order valence-corrected chi connectivity index (χ2v) is 8.55. The molecule has 34 heavy (non-hydrogen) atoms. The number of hydrogen-bond acceptors (Lipinski definition) is 5. The van der Waals surface area contributed by atoms with Gasteiger partial charge < -0.3 is 15.4 Å². The van der Waals surface area contributed by atoms with Gasteiger partial charge in [-0.15, -0.1) is 0 Å². The van der Waals surface area contributed by atoms with Crippen molar-refractivity contribution in [3.8, 4) is 11.3 Å². The first kappa shape index (κ1) is 22.2. The van der Waals surface area contributed by atoms with E-state index in [1.54, 1.807) is 30.5 Å². The van der Waals surface area contributed by atoms with Crippen LogP contribution in [0.3, 0.4) is 0 Å². The normalized spacial score (nSPS) is 12.8. The van der Waals surface area contributed by atoms with E-state index in [1.807, 2.05) is 42.5 Å². The molecule has 0 radical (unpaired) electrons. The number of ether oxygens (including phenoxy) is 1. The minimum absolute atomic E-state index is 0.313. The van der Waals surface area contributed by atoms with Gasteiger partial charge in [0.2, 0.25) is 0 Å². The lowest BCUT2D eigenvalue weighted by Gasteiger charge is -2.12. The van der Waals surface area contributed by atoms with E-state index in [-0.39, 0.29) is 5.91 Å². The van der Waals surface area contributed by atoms with E-state index < -0.39 is 0 Å². The summed E-state index contributed by atoms with van der Waals surface area (Å²) in [5, 5.41) is 8.97. The zero-order valence-electron chi connectivity index (χ0n) is 18.0. The number of nitrogens with one attached hydrogen (secondary N) is 2. The number of carbonyl (C=O) groups is 1. The van der Waals surface area contributed by atoms with Gasteiger partial charge in [0.25, 0.3) is 11.9 Å². The monoisotopic (exact) mass is 490 g/mol. The number of aliphatic imine (C=N–C) groups is 1. The largest absolute Gasteiger partial charge is 0.463 e. The lowest BCUT2D eigenvalue weighted by Crippen LogP contribution is -2.23. The second kappa shape index (κ2) is 9.71. The van der Waals surface area contributed by atoms with Crippen LogP contribution in [-0.4, -0.2) is 30.1 Å². The van der Waals surface area contributed by atoms with E-state index >= 15 is 0 Å². The summed E-state index contributed by atoms with van der Waals surface area (Å²) >= 11 is 12.9. The van der Waals surface area contributed by atoms with E-state index in [2.05, 4.69) is 20.6 Å². The molecule has 0 unspecified atom stereocenters. The predicted octanol–water partition coefficient (Wildman–Crippen LogP) is 5.94. The quantitative estimate of drug-likeness (QED) is 0.363. The molecule has 1 aliphatic rings. The van der Waals surface area contributed by atoms with E-state index in [4.69, 9.17) is 27.9 Å². The summed E-state index contributed by atoms with van der Waals surface area (Å²) in [5.74, 6) is -0.313. The van der Waals surface area contributed by atoms with Gasteiger partial charge in [-0.3, -0.25) is 9.78 Å². The van der Waals surface area contributed by atoms with E-state index in [0.717, 1.165) is 27.6 Å². The fourth-order valence-electron chi connectivity index (χ4n) is 3.79. The number of aromatic nitrogens is 1. The molecule has 1 aliphatic heterocycles. The molecule has 0 bridgehead atoms. The van der Waals surface area contributed by atoms with Gasteiger partial charge >= 0.3 is 0 Å². The summed E-state index contributed by atoms with van der Waals surface area (Å²) in [6, 6.07) is 21.1. The highest BCUT2D eigenvalue weighted by atomic mass is 35.5. The molecule has 0 fully saturated rings. The Morgan fingerprint density at radius 2 is 1.88 bits per heavy atom. The van der Waals surface area contributed by atoms with Gasteiger partial charge in [-0.1, -0.05) is 53.5 Å². The molecular formula is C26H20Cl2N4O2. The Kier molecular flexibility index (Phi) is 6.34. The van der Waals surface area contributed by atoms with Crippen molar-refractivity contribution in [3.63, 3.8) is 0 Å². The Morgan fingerprint density at radius 3 is 2.71 bits per heavy atom. The number of carbonyl (C=O) groups excluding carboxylic acids is 1. The average Bonchev–Trinajstić information content (AvgIpc) is 3.37. The zero-order chi connectivity index (χ0) is 23.5. The molecule has 5 rings (SSSR count). The van der Waals surface area contributed by atoms with Crippen molar-refractivity contribution in [1.82, 2.24) is 10.3 Å². The van der Waals surface area contributed by atoms with Crippen LogP contribution in [0.1, 0.15) is 15.9 Å². The lowest BCUT2D eigenvalue weighted by atomic mass is 10.0. The molecule has 0 spiro atoms. The third-order valence-electron chi connectivity index (χ3n) is 5.46. The molecule has 170 valence electrons. The summed E-state index contributed by atoms with van der Waals surface area (Å²) in [7, 11) is 0.